The van der Waals surface area contributed by atoms with Gasteiger partial charge in [0.2, 0.25) is 0 Å². The van der Waals surface area contributed by atoms with Gasteiger partial charge in [-0.1, -0.05) is 38.5 Å². The molecule has 0 unspecified atom stereocenters. The van der Waals surface area contributed by atoms with Gasteiger partial charge in [-0.2, -0.15) is 0 Å². The van der Waals surface area contributed by atoms with Gasteiger partial charge in [-0.25, -0.2) is 22.8 Å². The lowest BCUT2D eigenvalue weighted by molar-refractivity contribution is -0.159. The van der Waals surface area contributed by atoms with E-state index in [2.05, 4.69) is 29.0 Å². The number of hydrogen-bond acceptors (Lipinski definition) is 7. The Kier molecular flexibility index (Phi) is 17.1. The third-order valence-corrected chi connectivity index (χ3v) is 7.65. The topological polar surface area (TPSA) is 179 Å². The molecule has 0 aromatic heterocycles. The van der Waals surface area contributed by atoms with E-state index in [1.165, 1.54) is 19.3 Å². The van der Waals surface area contributed by atoms with Gasteiger partial charge < -0.3 is 35.7 Å². The number of aliphatic carboxylic acids is 2. The Labute approximate surface area is 219 Å². The number of sulfone groups is 1. The molecule has 212 valence electrons. The van der Waals surface area contributed by atoms with Crippen LogP contribution in [0.15, 0.2) is 35.2 Å². The number of piperidine rings is 1. The molecule has 13 heteroatoms. The molecule has 5 N–H and O–H groups in total. The first-order valence-corrected chi connectivity index (χ1v) is 14.0. The second kappa shape index (κ2) is 18.5. The van der Waals surface area contributed by atoms with Gasteiger partial charge in [0.1, 0.15) is 0 Å². The van der Waals surface area contributed by atoms with Crippen molar-refractivity contribution in [1.82, 2.24) is 20.0 Å². The number of amides is 2. The van der Waals surface area contributed by atoms with Crippen molar-refractivity contribution < 1.29 is 38.5 Å². The van der Waals surface area contributed by atoms with Crippen LogP contribution in [0.2, 0.25) is 0 Å². The Morgan fingerprint density at radius 3 is 2.00 bits per heavy atom. The Morgan fingerprint density at radius 1 is 0.919 bits per heavy atom. The number of rotatable bonds is 12. The van der Waals surface area contributed by atoms with E-state index in [0.29, 0.717) is 18.0 Å². The fourth-order valence-corrected chi connectivity index (χ4v) is 4.98. The second-order valence-corrected chi connectivity index (χ2v) is 10.5. The number of urea groups is 1. The first kappa shape index (κ1) is 34.3. The van der Waals surface area contributed by atoms with E-state index in [-0.39, 0.29) is 23.8 Å². The molecule has 0 radical (unpaired) electrons. The van der Waals surface area contributed by atoms with Crippen LogP contribution < -0.4 is 5.32 Å². The molecule has 37 heavy (non-hydrogen) atoms. The van der Waals surface area contributed by atoms with Crippen molar-refractivity contribution in [2.45, 2.75) is 38.0 Å². The fraction of sp³-hybridized carbons (Fsp3) is 0.625. The first-order valence-electron chi connectivity index (χ1n) is 12.3. The summed E-state index contributed by atoms with van der Waals surface area (Å²) in [5.41, 5.74) is 0. The molecular weight excluding hydrogens is 504 g/mol. The summed E-state index contributed by atoms with van der Waals surface area (Å²) < 4.78 is 25.3. The molecule has 1 aliphatic heterocycles. The number of nitrogens with zero attached hydrogens (tertiary/aromatic N) is 3. The number of carboxylic acids is 2. The van der Waals surface area contributed by atoms with Gasteiger partial charge in [0.15, 0.2) is 9.84 Å². The number of carbonyl (C=O) groups is 3. The van der Waals surface area contributed by atoms with Crippen LogP contribution >= 0.6 is 0 Å². The Hall–Kier alpha value is -2.74. The number of hydrogen-bond donors (Lipinski definition) is 3. The van der Waals surface area contributed by atoms with Gasteiger partial charge in [-0.05, 0) is 51.2 Å². The van der Waals surface area contributed by atoms with Gasteiger partial charge in [0, 0.05) is 32.7 Å². The van der Waals surface area contributed by atoms with Crippen LogP contribution in [0.3, 0.4) is 0 Å². The molecule has 1 aliphatic rings. The molecule has 12 nitrogen and oxygen atoms in total. The van der Waals surface area contributed by atoms with Crippen LogP contribution in [-0.2, 0) is 19.4 Å². The van der Waals surface area contributed by atoms with Crippen LogP contribution in [0.5, 0.6) is 0 Å². The molecule has 0 bridgehead atoms. The quantitative estimate of drug-likeness (QED) is 0.317. The number of likely N-dealkylation sites (tertiary alicyclic amines) is 1. The molecule has 1 aromatic carbocycles. The maximum absolute atomic E-state index is 12.8. The summed E-state index contributed by atoms with van der Waals surface area (Å²) in [4.78, 5) is 37.6. The molecule has 1 fully saturated rings. The minimum Gasteiger partial charge on any atom is -0.473 e. The predicted octanol–water partition coefficient (Wildman–Crippen LogP) is 0.631. The van der Waals surface area contributed by atoms with Crippen molar-refractivity contribution in [3.8, 4) is 0 Å². The van der Waals surface area contributed by atoms with Crippen LogP contribution in [0.25, 0.3) is 0 Å². The van der Waals surface area contributed by atoms with Crippen LogP contribution in [-0.4, -0.2) is 121 Å². The Bertz CT molecular complexity index is 893. The number of likely N-dealkylation sites (N-methyl/N-ethyl adjacent to an activating group) is 1. The van der Waals surface area contributed by atoms with Gasteiger partial charge in [-0.3, -0.25) is 0 Å². The molecule has 0 aliphatic carbocycles. The molecule has 2 rings (SSSR count). The van der Waals surface area contributed by atoms with E-state index in [4.69, 9.17) is 19.8 Å². The third kappa shape index (κ3) is 14.0. The molecular formula is C24H42N4O8S. The zero-order valence-electron chi connectivity index (χ0n) is 21.8. The monoisotopic (exact) mass is 546 g/mol. The predicted molar refractivity (Wildman–Crippen MR) is 140 cm³/mol. The van der Waals surface area contributed by atoms with Crippen molar-refractivity contribution in [1.29, 1.82) is 0 Å². The van der Waals surface area contributed by atoms with E-state index in [1.54, 1.807) is 35.2 Å². The molecule has 1 aromatic rings. The van der Waals surface area contributed by atoms with Gasteiger partial charge >= 0.3 is 18.0 Å². The van der Waals surface area contributed by atoms with E-state index in [0.717, 1.165) is 39.3 Å². The van der Waals surface area contributed by atoms with Gasteiger partial charge in [-0.15, -0.1) is 0 Å². The summed E-state index contributed by atoms with van der Waals surface area (Å²) in [6.45, 7) is 11.1. The van der Waals surface area contributed by atoms with Crippen molar-refractivity contribution >= 4 is 27.8 Å². The summed E-state index contributed by atoms with van der Waals surface area (Å²) in [7, 11) is -3.42. The van der Waals surface area contributed by atoms with Crippen LogP contribution in [0.1, 0.15) is 33.1 Å². The van der Waals surface area contributed by atoms with Gasteiger partial charge in [0.25, 0.3) is 0 Å². The lowest BCUT2D eigenvalue weighted by Crippen LogP contribution is -2.48. The standard InChI is InChI=1S/C22H38N4O3S.C2H2O4.H2O/c1-3-24(4-2)16-13-23-22(27)26(18-17-25-14-9-6-10-15-25)19-20-30(28,29)21-11-7-5-8-12-21;3-1(4)2(5)6;/h5,7-8,11-12H,3-4,6,9-10,13-20H2,1-2H3,(H,23,27);(H,3,4)(H,5,6);1H2. The maximum Gasteiger partial charge on any atom is 0.414 e. The number of carbonyl (C=O) groups excluding carboxylic acids is 1. The minimum atomic E-state index is -3.42. The Morgan fingerprint density at radius 2 is 1.49 bits per heavy atom. The average Bonchev–Trinajstić information content (AvgIpc) is 2.88. The largest absolute Gasteiger partial charge is 0.473 e. The summed E-state index contributed by atoms with van der Waals surface area (Å²) in [6.07, 6.45) is 3.65. The highest BCUT2D eigenvalue weighted by Gasteiger charge is 2.21. The second-order valence-electron chi connectivity index (χ2n) is 8.39. The first-order chi connectivity index (χ1) is 17.1. The van der Waals surface area contributed by atoms with Crippen molar-refractivity contribution in [2.24, 2.45) is 0 Å². The fourth-order valence-electron chi connectivity index (χ4n) is 3.71. The molecule has 2 amide bonds. The van der Waals surface area contributed by atoms with Gasteiger partial charge in [0.05, 0.1) is 10.6 Å². The molecule has 0 spiro atoms. The highest BCUT2D eigenvalue weighted by Crippen LogP contribution is 2.11. The van der Waals surface area contributed by atoms with Crippen molar-refractivity contribution in [3.63, 3.8) is 0 Å². The maximum atomic E-state index is 12.8. The van der Waals surface area contributed by atoms with Crippen LogP contribution in [0.4, 0.5) is 4.79 Å². The third-order valence-electron chi connectivity index (χ3n) is 5.94. The average molecular weight is 547 g/mol. The SMILES string of the molecule is CCN(CC)CCNC(=O)N(CCN1CCCCC1)CCS(=O)(=O)c1ccccc1.O.O=C(O)C(=O)O. The van der Waals surface area contributed by atoms with E-state index in [1.807, 2.05) is 0 Å². The zero-order valence-corrected chi connectivity index (χ0v) is 22.6. The van der Waals surface area contributed by atoms with Crippen molar-refractivity contribution in [2.75, 3.05) is 64.7 Å². The molecule has 1 heterocycles. The van der Waals surface area contributed by atoms with E-state index < -0.39 is 21.8 Å². The summed E-state index contributed by atoms with van der Waals surface area (Å²) in [5, 5.41) is 17.8. The highest BCUT2D eigenvalue weighted by molar-refractivity contribution is 7.91. The smallest absolute Gasteiger partial charge is 0.414 e. The van der Waals surface area contributed by atoms with E-state index >= 15 is 0 Å². The lowest BCUT2D eigenvalue weighted by atomic mass is 10.1. The summed E-state index contributed by atoms with van der Waals surface area (Å²) >= 11 is 0. The highest BCUT2D eigenvalue weighted by atomic mass is 32.2. The minimum absolute atomic E-state index is 0. The van der Waals surface area contributed by atoms with Crippen LogP contribution in [0, 0.1) is 0 Å². The molecule has 0 saturated carbocycles. The molecule has 1 saturated heterocycles. The van der Waals surface area contributed by atoms with Crippen molar-refractivity contribution in [3.05, 3.63) is 30.3 Å². The summed E-state index contributed by atoms with van der Waals surface area (Å²) in [5.74, 6) is -3.72. The normalized spacial score (nSPS) is 13.6. The Balaban J connectivity index is 0.00000165. The molecule has 0 atom stereocenters. The lowest BCUT2D eigenvalue weighted by Gasteiger charge is -2.30. The summed E-state index contributed by atoms with van der Waals surface area (Å²) in [6, 6.07) is 8.28. The van der Waals surface area contributed by atoms with E-state index in [9.17, 15) is 13.2 Å². The number of nitrogens with one attached hydrogen (secondary N) is 1. The number of benzene rings is 1. The number of carboxylic acid groups (broad SMARTS) is 2. The zero-order chi connectivity index (χ0) is 27.0.